The number of aromatic nitrogens is 2. The smallest absolute Gasteiger partial charge is 0.252 e. The number of nitrogens with zero attached hydrogens (tertiary/aromatic N) is 2. The van der Waals surface area contributed by atoms with Crippen molar-refractivity contribution in [3.8, 4) is 0 Å². The van der Waals surface area contributed by atoms with Crippen molar-refractivity contribution in [1.82, 2.24) is 20.6 Å². The molecule has 2 N–H and O–H groups in total. The second-order valence-corrected chi connectivity index (χ2v) is 13.9. The maximum absolute atomic E-state index is 12.6. The van der Waals surface area contributed by atoms with Crippen LogP contribution in [0.4, 0.5) is 0 Å². The van der Waals surface area contributed by atoms with Crippen LogP contribution in [0.2, 0.25) is 0 Å². The highest BCUT2D eigenvalue weighted by Crippen LogP contribution is 2.41. The molecular weight excluding hydrogens is 629 g/mol. The maximum Gasteiger partial charge on any atom is 0.252 e. The Kier molecular flexibility index (Phi) is 10.7. The molecule has 0 radical (unpaired) electrons. The van der Waals surface area contributed by atoms with Gasteiger partial charge in [0.15, 0.2) is 5.16 Å². The predicted molar refractivity (Wildman–Crippen MR) is 150 cm³/mol. The van der Waals surface area contributed by atoms with Gasteiger partial charge in [-0.3, -0.25) is 9.59 Å². The Morgan fingerprint density at radius 2 is 1.14 bits per heavy atom. The molecule has 2 amide bonds. The number of carbonyl (C=O) groups excluding carboxylic acids is 2. The SMILES string of the molecule is O=C(N[C@@H](Sc1ccnc(S[C@H](NC(=O)c2ccccc2)C(Cl)(Cl)Cl)n1)C(Cl)(Cl)Cl)c1ccccc1. The summed E-state index contributed by atoms with van der Waals surface area (Å²) in [5, 5.41) is 3.89. The molecule has 0 aliphatic heterocycles. The summed E-state index contributed by atoms with van der Waals surface area (Å²) >= 11 is 38.7. The van der Waals surface area contributed by atoms with Crippen molar-refractivity contribution in [3.63, 3.8) is 0 Å². The van der Waals surface area contributed by atoms with Crippen molar-refractivity contribution in [2.75, 3.05) is 0 Å². The van der Waals surface area contributed by atoms with Crippen molar-refractivity contribution in [2.45, 2.75) is 28.5 Å². The van der Waals surface area contributed by atoms with Gasteiger partial charge in [-0.15, -0.1) is 0 Å². The highest BCUT2D eigenvalue weighted by molar-refractivity contribution is 8.00. The van der Waals surface area contributed by atoms with E-state index in [0.717, 1.165) is 23.5 Å². The first-order chi connectivity index (χ1) is 16.9. The van der Waals surface area contributed by atoms with Crippen molar-refractivity contribution in [1.29, 1.82) is 0 Å². The zero-order valence-electron chi connectivity index (χ0n) is 17.9. The summed E-state index contributed by atoms with van der Waals surface area (Å²) in [6.45, 7) is 0. The van der Waals surface area contributed by atoms with Crippen LogP contribution in [0.5, 0.6) is 0 Å². The predicted octanol–water partition coefficient (Wildman–Crippen LogP) is 6.91. The van der Waals surface area contributed by atoms with Gasteiger partial charge in [-0.2, -0.15) is 0 Å². The summed E-state index contributed by atoms with van der Waals surface area (Å²) in [4.78, 5) is 33.8. The van der Waals surface area contributed by atoms with Gasteiger partial charge in [0.2, 0.25) is 7.59 Å². The second kappa shape index (κ2) is 13.1. The van der Waals surface area contributed by atoms with Crippen LogP contribution in [-0.2, 0) is 0 Å². The van der Waals surface area contributed by atoms with Gasteiger partial charge in [-0.05, 0) is 30.3 Å². The normalized spacial score (nSPS) is 13.5. The lowest BCUT2D eigenvalue weighted by atomic mass is 10.2. The van der Waals surface area contributed by atoms with Crippen molar-refractivity contribution < 1.29 is 9.59 Å². The minimum Gasteiger partial charge on any atom is -0.336 e. The van der Waals surface area contributed by atoms with E-state index in [1.807, 2.05) is 0 Å². The van der Waals surface area contributed by atoms with Crippen molar-refractivity contribution in [2.24, 2.45) is 0 Å². The van der Waals surface area contributed by atoms with Crippen LogP contribution in [0.1, 0.15) is 20.7 Å². The topological polar surface area (TPSA) is 84.0 Å². The Morgan fingerprint density at radius 3 is 1.58 bits per heavy atom. The molecule has 0 saturated heterocycles. The average molecular weight is 645 g/mol. The summed E-state index contributed by atoms with van der Waals surface area (Å²) < 4.78 is -3.75. The first-order valence-corrected chi connectivity index (χ1v) is 14.0. The number of hydrogen-bond donors (Lipinski definition) is 2. The number of halogens is 6. The summed E-state index contributed by atoms with van der Waals surface area (Å²) in [5.41, 5.74) is 0.790. The zero-order valence-corrected chi connectivity index (χ0v) is 24.0. The summed E-state index contributed by atoms with van der Waals surface area (Å²) in [6.07, 6.45) is 1.46. The summed E-state index contributed by atoms with van der Waals surface area (Å²) in [6, 6.07) is 18.5. The van der Waals surface area contributed by atoms with Crippen LogP contribution in [0.15, 0.2) is 83.1 Å². The lowest BCUT2D eigenvalue weighted by Gasteiger charge is -2.25. The molecule has 0 saturated carbocycles. The monoisotopic (exact) mass is 642 g/mol. The van der Waals surface area contributed by atoms with Crippen LogP contribution in [-0.4, -0.2) is 40.1 Å². The second-order valence-electron chi connectivity index (χ2n) is 6.94. The molecule has 6 nitrogen and oxygen atoms in total. The van der Waals surface area contributed by atoms with E-state index in [9.17, 15) is 9.59 Å². The Labute approximate surface area is 246 Å². The molecular formula is C22H16Cl6N4O2S2. The molecule has 0 bridgehead atoms. The van der Waals surface area contributed by atoms with Gasteiger partial charge in [0.05, 0.1) is 0 Å². The number of rotatable bonds is 8. The largest absolute Gasteiger partial charge is 0.336 e. The lowest BCUT2D eigenvalue weighted by molar-refractivity contribution is 0.0942. The molecule has 0 fully saturated rings. The van der Waals surface area contributed by atoms with Gasteiger partial charge < -0.3 is 10.6 Å². The van der Waals surface area contributed by atoms with Crippen LogP contribution in [0.3, 0.4) is 0 Å². The molecule has 2 atom stereocenters. The fourth-order valence-corrected chi connectivity index (χ4v) is 5.40. The molecule has 3 aromatic rings. The van der Waals surface area contributed by atoms with Crippen LogP contribution in [0, 0.1) is 0 Å². The van der Waals surface area contributed by atoms with Gasteiger partial charge >= 0.3 is 0 Å². The molecule has 1 heterocycles. The highest BCUT2D eigenvalue weighted by atomic mass is 35.6. The molecule has 1 aromatic heterocycles. The first-order valence-electron chi connectivity index (χ1n) is 9.95. The number of thioether (sulfide) groups is 2. The molecule has 36 heavy (non-hydrogen) atoms. The van der Waals surface area contributed by atoms with E-state index in [-0.39, 0.29) is 5.16 Å². The molecule has 2 aromatic carbocycles. The maximum atomic E-state index is 12.6. The number of alkyl halides is 6. The van der Waals surface area contributed by atoms with Crippen molar-refractivity contribution >= 4 is 105 Å². The lowest BCUT2D eigenvalue weighted by Crippen LogP contribution is -2.41. The minimum atomic E-state index is -1.88. The van der Waals surface area contributed by atoms with E-state index >= 15 is 0 Å². The standard InChI is InChI=1S/C22H16Cl6N4O2S2/c23-21(24,25)18(31-16(33)13-7-3-1-4-8-13)35-15-11-12-29-20(30-15)36-19(22(26,27)28)32-17(34)14-9-5-2-6-10-14/h1-12,18-19H,(H,31,33)(H,32,34)/t18-,19-/m0/s1. The third kappa shape index (κ3) is 9.03. The fraction of sp³-hybridized carbons (Fsp3) is 0.182. The number of hydrogen-bond acceptors (Lipinski definition) is 6. The van der Waals surface area contributed by atoms with Crippen LogP contribution in [0.25, 0.3) is 0 Å². The van der Waals surface area contributed by atoms with Gasteiger partial charge in [0.1, 0.15) is 15.8 Å². The number of amides is 2. The molecule has 190 valence electrons. The Morgan fingerprint density at radius 1 is 0.694 bits per heavy atom. The number of benzene rings is 2. The molecule has 0 spiro atoms. The number of nitrogens with one attached hydrogen (secondary N) is 2. The van der Waals surface area contributed by atoms with Crippen molar-refractivity contribution in [3.05, 3.63) is 84.1 Å². The summed E-state index contributed by atoms with van der Waals surface area (Å²) in [5.74, 6) is -0.868. The fourth-order valence-electron chi connectivity index (χ4n) is 2.61. The van der Waals surface area contributed by atoms with E-state index in [1.54, 1.807) is 66.7 Å². The molecule has 0 aliphatic carbocycles. The van der Waals surface area contributed by atoms with Crippen LogP contribution < -0.4 is 10.6 Å². The van der Waals surface area contributed by atoms with E-state index in [1.165, 1.54) is 6.20 Å². The van der Waals surface area contributed by atoms with E-state index in [4.69, 9.17) is 69.6 Å². The third-order valence-corrected chi connectivity index (χ3v) is 8.64. The molecule has 14 heteroatoms. The van der Waals surface area contributed by atoms with Gasteiger partial charge in [-0.25, -0.2) is 9.97 Å². The zero-order chi connectivity index (χ0) is 26.3. The number of carbonyl (C=O) groups is 2. The molecule has 0 aliphatic rings. The average Bonchev–Trinajstić information content (AvgIpc) is 2.83. The van der Waals surface area contributed by atoms with Gasteiger partial charge in [0, 0.05) is 17.3 Å². The highest BCUT2D eigenvalue weighted by Gasteiger charge is 2.37. The van der Waals surface area contributed by atoms with Gasteiger partial charge in [-0.1, -0.05) is 130 Å². The Hall–Kier alpha value is -1.10. The Balaban J connectivity index is 1.75. The molecule has 3 rings (SSSR count). The third-order valence-electron chi connectivity index (χ3n) is 4.26. The summed E-state index contributed by atoms with van der Waals surface area (Å²) in [7, 11) is 0. The van der Waals surface area contributed by atoms with E-state index < -0.39 is 30.1 Å². The quantitative estimate of drug-likeness (QED) is 0.0911. The minimum absolute atomic E-state index is 0.183. The van der Waals surface area contributed by atoms with E-state index in [2.05, 4.69) is 20.6 Å². The van der Waals surface area contributed by atoms with Gasteiger partial charge in [0.25, 0.3) is 11.8 Å². The van der Waals surface area contributed by atoms with Crippen LogP contribution >= 0.6 is 93.1 Å². The van der Waals surface area contributed by atoms with E-state index in [0.29, 0.717) is 16.2 Å². The first kappa shape index (κ1) is 29.5. The Bertz CT molecular complexity index is 1090. The molecule has 0 unspecified atom stereocenters.